The predicted octanol–water partition coefficient (Wildman–Crippen LogP) is 35.0. The first-order valence-corrected chi connectivity index (χ1v) is 45.8. The van der Waals surface area contributed by atoms with Gasteiger partial charge in [0.2, 0.25) is 0 Å². The molecule has 0 aliphatic heterocycles. The zero-order valence-corrected chi connectivity index (χ0v) is 73.6. The molecule has 0 radical (unpaired) electrons. The van der Waals surface area contributed by atoms with Gasteiger partial charge in [0, 0.05) is 77.9 Å². The SMILES string of the molecule is CC1(C)c2cc(-c3c4ccccc4c(-c4ccc5ccccc5c4)c4ccccc34)ccc2-c2ccc(N(c3ccccc3)c3ccc(-n4c5ccccc5c5ccccc54)cc3)cc21.Cc1ccc2c(-c3ccc4c(c3)C(C)(C)c3cc(N(c5ccccc5)c5ccc(-n6c7ccccc7c7ccccc76)cc5)ccc3-4)c3ccccc3c(-c3ccc4ccccc4c3)c2c1. The Morgan fingerprint density at radius 3 is 0.802 bits per heavy atom. The maximum atomic E-state index is 2.49. The standard InChI is InChI=1S/C64H46N2.C63H44N2/c1-41-25-34-56-57(37-41)63(44-27-26-42-15-7-8-16-43(42)38-44)55-22-10-9-21-54(55)62(56)45-28-35-50-51-36-33-49(40-59(51)64(2,3)58(50)39-45)65(46-17-5-4-6-18-46)47-29-31-48(32-30-47)66-60-23-13-11-19-52(60)53-20-12-14-24-61(53)66;1-63(2)57-39-44(62-55-24-10-8-22-53(55)61(54-23-9-11-25-56(54)62)43-29-28-41-16-6-7-17-42(41)38-43)30-36-49(57)50-37-35-48(40-58(50)63)64(45-18-4-3-5-19-45)46-31-33-47(34-32-46)65-59-26-14-12-20-51(59)52-21-13-15-27-60(52)65/h4-40H,1-3H3;3-40H,1-2H3. The Labute approximate surface area is 762 Å². The molecule has 0 saturated carbocycles. The second-order valence-electron chi connectivity index (χ2n) is 36.7. The van der Waals surface area contributed by atoms with Crippen molar-refractivity contribution in [2.75, 3.05) is 9.80 Å². The summed E-state index contributed by atoms with van der Waals surface area (Å²) in [5, 5.41) is 20.3. The topological polar surface area (TPSA) is 16.3 Å². The van der Waals surface area contributed by atoms with E-state index >= 15 is 0 Å². The number of benzene rings is 22. The van der Waals surface area contributed by atoms with Crippen LogP contribution in [-0.2, 0) is 10.8 Å². The molecule has 2 aliphatic carbocycles. The van der Waals surface area contributed by atoms with E-state index in [2.05, 4.69) is 509 Å². The maximum Gasteiger partial charge on any atom is 0.0541 e. The molecule has 0 N–H and O–H groups in total. The van der Waals surface area contributed by atoms with Crippen molar-refractivity contribution < 1.29 is 0 Å². The summed E-state index contributed by atoms with van der Waals surface area (Å²) in [4.78, 5) is 4.80. The Balaban J connectivity index is 0.000000141. The normalized spacial score (nSPS) is 12.9. The number of fused-ring (bicyclic) bond motifs is 18. The highest BCUT2D eigenvalue weighted by Crippen LogP contribution is 2.57. The van der Waals surface area contributed by atoms with E-state index < -0.39 is 0 Å². The van der Waals surface area contributed by atoms with Crippen LogP contribution < -0.4 is 9.80 Å². The fourth-order valence-electron chi connectivity index (χ4n) is 22.3. The molecule has 0 unspecified atom stereocenters. The summed E-state index contributed by atoms with van der Waals surface area (Å²) in [6.07, 6.45) is 0. The Morgan fingerprint density at radius 2 is 0.443 bits per heavy atom. The van der Waals surface area contributed by atoms with Crippen molar-refractivity contribution in [2.45, 2.75) is 45.4 Å². The number of para-hydroxylation sites is 6. The van der Waals surface area contributed by atoms with Gasteiger partial charge in [-0.3, -0.25) is 0 Å². The van der Waals surface area contributed by atoms with Gasteiger partial charge in [0.1, 0.15) is 0 Å². The lowest BCUT2D eigenvalue weighted by atomic mass is 9.80. The van der Waals surface area contributed by atoms with Gasteiger partial charge in [0.05, 0.1) is 22.1 Å². The van der Waals surface area contributed by atoms with Crippen LogP contribution in [0.4, 0.5) is 34.1 Å². The van der Waals surface area contributed by atoms with Crippen molar-refractivity contribution in [1.82, 2.24) is 9.13 Å². The molecule has 26 rings (SSSR count). The summed E-state index contributed by atoms with van der Waals surface area (Å²) in [6, 6.07) is 168. The van der Waals surface area contributed by atoms with Gasteiger partial charge in [-0.1, -0.05) is 343 Å². The summed E-state index contributed by atoms with van der Waals surface area (Å²) in [5.74, 6) is 0. The lowest BCUT2D eigenvalue weighted by molar-refractivity contribution is 0.660. The van der Waals surface area contributed by atoms with Crippen LogP contribution in [-0.4, -0.2) is 9.13 Å². The summed E-state index contributed by atoms with van der Waals surface area (Å²) in [6.45, 7) is 11.8. The first kappa shape index (κ1) is 77.0. The van der Waals surface area contributed by atoms with Gasteiger partial charge in [-0.05, 0) is 306 Å². The molecular weight excluding hydrogens is 1580 g/mol. The summed E-state index contributed by atoms with van der Waals surface area (Å²) in [7, 11) is 0. The fourth-order valence-corrected chi connectivity index (χ4v) is 22.3. The van der Waals surface area contributed by atoms with Crippen LogP contribution in [0, 0.1) is 6.92 Å². The van der Waals surface area contributed by atoms with Gasteiger partial charge in [-0.25, -0.2) is 0 Å². The van der Waals surface area contributed by atoms with E-state index in [4.69, 9.17) is 0 Å². The Kier molecular flexibility index (Phi) is 17.9. The minimum atomic E-state index is -0.243. The third-order valence-corrected chi connectivity index (χ3v) is 28.5. The molecule has 2 aromatic heterocycles. The third-order valence-electron chi connectivity index (χ3n) is 28.5. The zero-order valence-electron chi connectivity index (χ0n) is 73.6. The van der Waals surface area contributed by atoms with Crippen molar-refractivity contribution in [2.24, 2.45) is 0 Å². The van der Waals surface area contributed by atoms with Crippen molar-refractivity contribution in [3.63, 3.8) is 0 Å². The number of aromatic nitrogens is 2. The molecule has 0 atom stereocenters. The van der Waals surface area contributed by atoms with Crippen molar-refractivity contribution >= 4 is 142 Å². The average Bonchev–Trinajstić information content (AvgIpc) is 1.69. The molecule has 2 aliphatic rings. The lowest BCUT2D eigenvalue weighted by Crippen LogP contribution is -2.16. The quantitative estimate of drug-likeness (QED) is 0.113. The van der Waals surface area contributed by atoms with Crippen LogP contribution in [0.3, 0.4) is 0 Å². The number of aryl methyl sites for hydroxylation is 1. The molecule has 4 nitrogen and oxygen atoms in total. The summed E-state index contributed by atoms with van der Waals surface area (Å²) < 4.78 is 4.77. The zero-order chi connectivity index (χ0) is 87.3. The largest absolute Gasteiger partial charge is 0.310 e. The van der Waals surface area contributed by atoms with E-state index in [0.29, 0.717) is 0 Å². The summed E-state index contributed by atoms with van der Waals surface area (Å²) >= 11 is 0. The third kappa shape index (κ3) is 12.4. The molecule has 618 valence electrons. The minimum Gasteiger partial charge on any atom is -0.310 e. The highest BCUT2D eigenvalue weighted by Gasteiger charge is 2.39. The van der Waals surface area contributed by atoms with Crippen LogP contribution in [0.5, 0.6) is 0 Å². The van der Waals surface area contributed by atoms with Crippen molar-refractivity contribution in [1.29, 1.82) is 0 Å². The molecule has 24 aromatic rings. The van der Waals surface area contributed by atoms with Crippen LogP contribution >= 0.6 is 0 Å². The lowest BCUT2D eigenvalue weighted by Gasteiger charge is -2.28. The van der Waals surface area contributed by atoms with Gasteiger partial charge in [-0.15, -0.1) is 0 Å². The highest BCUT2D eigenvalue weighted by molar-refractivity contribution is 6.24. The number of rotatable bonds is 12. The second-order valence-corrected chi connectivity index (χ2v) is 36.7. The van der Waals surface area contributed by atoms with Gasteiger partial charge in [0.25, 0.3) is 0 Å². The molecular formula is C127H90N4. The molecule has 0 amide bonds. The predicted molar refractivity (Wildman–Crippen MR) is 558 cm³/mol. The first-order valence-electron chi connectivity index (χ1n) is 45.8. The summed E-state index contributed by atoms with van der Waals surface area (Å²) in [5.41, 5.74) is 35.4. The number of hydrogen-bond donors (Lipinski definition) is 0. The van der Waals surface area contributed by atoms with Gasteiger partial charge in [-0.2, -0.15) is 0 Å². The minimum absolute atomic E-state index is 0.240. The van der Waals surface area contributed by atoms with Gasteiger partial charge < -0.3 is 18.9 Å². The van der Waals surface area contributed by atoms with Crippen LogP contribution in [0.1, 0.15) is 55.5 Å². The molecule has 0 bridgehead atoms. The Bertz CT molecular complexity index is 8620. The van der Waals surface area contributed by atoms with Gasteiger partial charge >= 0.3 is 0 Å². The molecule has 22 aromatic carbocycles. The molecule has 2 heterocycles. The van der Waals surface area contributed by atoms with E-state index in [-0.39, 0.29) is 10.8 Å². The maximum absolute atomic E-state index is 2.49. The first-order chi connectivity index (χ1) is 64.4. The van der Waals surface area contributed by atoms with Crippen LogP contribution in [0.15, 0.2) is 455 Å². The van der Waals surface area contributed by atoms with Gasteiger partial charge in [0.15, 0.2) is 0 Å². The highest BCUT2D eigenvalue weighted by atomic mass is 15.2. The van der Waals surface area contributed by atoms with Crippen LogP contribution in [0.25, 0.3) is 186 Å². The molecule has 0 spiro atoms. The Hall–Kier alpha value is -16.4. The average molecular weight is 1670 g/mol. The van der Waals surface area contributed by atoms with E-state index in [9.17, 15) is 0 Å². The number of hydrogen-bond acceptors (Lipinski definition) is 2. The van der Waals surface area contributed by atoms with E-state index in [1.165, 1.54) is 203 Å². The Morgan fingerprint density at radius 1 is 0.183 bits per heavy atom. The van der Waals surface area contributed by atoms with E-state index in [0.717, 1.165) is 45.5 Å². The monoisotopic (exact) mass is 1670 g/mol. The van der Waals surface area contributed by atoms with Crippen molar-refractivity contribution in [3.05, 3.63) is 483 Å². The molecule has 4 heteroatoms. The van der Waals surface area contributed by atoms with Crippen LogP contribution in [0.2, 0.25) is 0 Å². The molecule has 131 heavy (non-hydrogen) atoms. The molecule has 0 saturated heterocycles. The van der Waals surface area contributed by atoms with E-state index in [1.807, 2.05) is 0 Å². The smallest absolute Gasteiger partial charge is 0.0541 e. The van der Waals surface area contributed by atoms with Crippen molar-refractivity contribution in [3.8, 4) is 78.1 Å². The second kappa shape index (κ2) is 30.4. The van der Waals surface area contributed by atoms with E-state index in [1.54, 1.807) is 0 Å². The molecule has 0 fully saturated rings. The number of nitrogens with zero attached hydrogens (tertiary/aromatic N) is 4. The number of anilines is 6. The fraction of sp³-hybridized carbons (Fsp3) is 0.0551.